The van der Waals surface area contributed by atoms with Gasteiger partial charge in [-0.1, -0.05) is 36.4 Å². The first-order valence-electron chi connectivity index (χ1n) is 8.47. The minimum atomic E-state index is -3.92. The fourth-order valence-electron chi connectivity index (χ4n) is 2.23. The van der Waals surface area contributed by atoms with Gasteiger partial charge in [0.2, 0.25) is 15.9 Å². The van der Waals surface area contributed by atoms with Crippen molar-refractivity contribution in [1.82, 2.24) is 10.0 Å². The molecule has 150 valence electrons. The summed E-state index contributed by atoms with van der Waals surface area (Å²) in [6.07, 6.45) is -0.700. The van der Waals surface area contributed by atoms with Crippen LogP contribution in [0.4, 0.5) is 5.69 Å². The van der Waals surface area contributed by atoms with Crippen LogP contribution in [0.15, 0.2) is 59.5 Å². The number of hydrogen-bond donors (Lipinski definition) is 2. The van der Waals surface area contributed by atoms with Crippen molar-refractivity contribution in [3.05, 3.63) is 70.3 Å². The van der Waals surface area contributed by atoms with E-state index < -0.39 is 21.1 Å². The van der Waals surface area contributed by atoms with Gasteiger partial charge >= 0.3 is 0 Å². The van der Waals surface area contributed by atoms with Crippen LogP contribution in [-0.4, -0.2) is 38.4 Å². The molecular weight excluding hydrogens is 386 g/mol. The van der Waals surface area contributed by atoms with E-state index in [9.17, 15) is 23.3 Å². The number of hydrogen-bond acceptors (Lipinski definition) is 6. The SMILES string of the molecule is CC(OCc1ccccc1)C(=O)NCCNS(=O)(=O)c1cccc([N+](=O)[O-])c1. The van der Waals surface area contributed by atoms with Crippen LogP contribution in [0.3, 0.4) is 0 Å². The summed E-state index contributed by atoms with van der Waals surface area (Å²) in [6, 6.07) is 14.1. The number of ether oxygens (including phenoxy) is 1. The normalized spacial score (nSPS) is 12.3. The van der Waals surface area contributed by atoms with Crippen LogP contribution in [0.5, 0.6) is 0 Å². The summed E-state index contributed by atoms with van der Waals surface area (Å²) >= 11 is 0. The third kappa shape index (κ3) is 6.41. The Balaban J connectivity index is 1.77. The number of carbonyl (C=O) groups excluding carboxylic acids is 1. The Kier molecular flexibility index (Phi) is 7.61. The molecule has 0 aliphatic carbocycles. The highest BCUT2D eigenvalue weighted by molar-refractivity contribution is 7.89. The van der Waals surface area contributed by atoms with Gasteiger partial charge in [0, 0.05) is 25.2 Å². The van der Waals surface area contributed by atoms with Gasteiger partial charge in [0.25, 0.3) is 5.69 Å². The van der Waals surface area contributed by atoms with Crippen molar-refractivity contribution < 1.29 is 22.9 Å². The lowest BCUT2D eigenvalue weighted by Gasteiger charge is -2.14. The van der Waals surface area contributed by atoms with Crippen LogP contribution in [0.25, 0.3) is 0 Å². The number of nitro groups is 1. The molecule has 1 atom stereocenters. The first-order valence-corrected chi connectivity index (χ1v) is 9.95. The molecule has 0 radical (unpaired) electrons. The molecule has 9 nitrogen and oxygen atoms in total. The molecule has 2 aromatic carbocycles. The molecule has 0 aromatic heterocycles. The maximum absolute atomic E-state index is 12.2. The van der Waals surface area contributed by atoms with E-state index >= 15 is 0 Å². The molecule has 0 spiro atoms. The maximum Gasteiger partial charge on any atom is 0.270 e. The first-order chi connectivity index (χ1) is 13.3. The summed E-state index contributed by atoms with van der Waals surface area (Å²) < 4.78 is 32.1. The van der Waals surface area contributed by atoms with Gasteiger partial charge in [-0.2, -0.15) is 0 Å². The molecule has 0 saturated heterocycles. The summed E-state index contributed by atoms with van der Waals surface area (Å²) in [5.74, 6) is -0.370. The smallest absolute Gasteiger partial charge is 0.270 e. The highest BCUT2D eigenvalue weighted by Crippen LogP contribution is 2.16. The van der Waals surface area contributed by atoms with Crippen LogP contribution in [0, 0.1) is 10.1 Å². The van der Waals surface area contributed by atoms with Gasteiger partial charge in [0.1, 0.15) is 6.10 Å². The molecule has 0 heterocycles. The van der Waals surface area contributed by atoms with E-state index in [2.05, 4.69) is 10.0 Å². The molecule has 2 N–H and O–H groups in total. The molecule has 1 unspecified atom stereocenters. The zero-order valence-electron chi connectivity index (χ0n) is 15.2. The van der Waals surface area contributed by atoms with E-state index in [0.717, 1.165) is 11.6 Å². The van der Waals surface area contributed by atoms with Crippen LogP contribution in [-0.2, 0) is 26.2 Å². The Labute approximate surface area is 162 Å². The van der Waals surface area contributed by atoms with Gasteiger partial charge in [-0.25, -0.2) is 13.1 Å². The van der Waals surface area contributed by atoms with Crippen molar-refractivity contribution in [1.29, 1.82) is 0 Å². The number of nitrogens with zero attached hydrogens (tertiary/aromatic N) is 1. The molecule has 2 rings (SSSR count). The number of nitro benzene ring substituents is 1. The van der Waals surface area contributed by atoms with Crippen molar-refractivity contribution in [3.8, 4) is 0 Å². The summed E-state index contributed by atoms with van der Waals surface area (Å²) in [5.41, 5.74) is 0.618. The zero-order chi connectivity index (χ0) is 20.6. The average molecular weight is 407 g/mol. The fraction of sp³-hybridized carbons (Fsp3) is 0.278. The van der Waals surface area contributed by atoms with Crippen molar-refractivity contribution in [2.24, 2.45) is 0 Å². The third-order valence-corrected chi connectivity index (χ3v) is 5.23. The van der Waals surface area contributed by atoms with Crippen molar-refractivity contribution in [2.75, 3.05) is 13.1 Å². The Morgan fingerprint density at radius 3 is 2.54 bits per heavy atom. The van der Waals surface area contributed by atoms with Gasteiger partial charge in [-0.05, 0) is 18.6 Å². The minimum Gasteiger partial charge on any atom is -0.364 e. The predicted molar refractivity (Wildman–Crippen MR) is 102 cm³/mol. The van der Waals surface area contributed by atoms with Crippen LogP contribution in [0.2, 0.25) is 0 Å². The van der Waals surface area contributed by atoms with Crippen molar-refractivity contribution >= 4 is 21.6 Å². The Hall–Kier alpha value is -2.82. The summed E-state index contributed by atoms with van der Waals surface area (Å²) in [5, 5.41) is 13.3. The second kappa shape index (κ2) is 9.93. The van der Waals surface area contributed by atoms with Gasteiger partial charge in [0.05, 0.1) is 16.4 Å². The molecule has 28 heavy (non-hydrogen) atoms. The number of amides is 1. The lowest BCUT2D eigenvalue weighted by atomic mass is 10.2. The molecule has 0 aliphatic heterocycles. The second-order valence-electron chi connectivity index (χ2n) is 5.88. The monoisotopic (exact) mass is 407 g/mol. The molecule has 2 aromatic rings. The lowest BCUT2D eigenvalue weighted by molar-refractivity contribution is -0.385. The van der Waals surface area contributed by atoms with E-state index in [0.29, 0.717) is 0 Å². The topological polar surface area (TPSA) is 128 Å². The predicted octanol–water partition coefficient (Wildman–Crippen LogP) is 1.59. The minimum absolute atomic E-state index is 0.0476. The third-order valence-electron chi connectivity index (χ3n) is 3.77. The largest absolute Gasteiger partial charge is 0.364 e. The van der Waals surface area contributed by atoms with Crippen molar-refractivity contribution in [3.63, 3.8) is 0 Å². The molecular formula is C18H21N3O6S. The van der Waals surface area contributed by atoms with E-state index in [1.165, 1.54) is 18.2 Å². The lowest BCUT2D eigenvalue weighted by Crippen LogP contribution is -2.39. The van der Waals surface area contributed by atoms with Gasteiger partial charge in [-0.15, -0.1) is 0 Å². The number of carbonyl (C=O) groups is 1. The van der Waals surface area contributed by atoms with Gasteiger partial charge in [0.15, 0.2) is 0 Å². The van der Waals surface area contributed by atoms with Gasteiger partial charge < -0.3 is 10.1 Å². The fourth-order valence-corrected chi connectivity index (χ4v) is 3.30. The van der Waals surface area contributed by atoms with E-state index in [1.807, 2.05) is 30.3 Å². The van der Waals surface area contributed by atoms with E-state index in [1.54, 1.807) is 6.92 Å². The number of nitrogens with one attached hydrogen (secondary N) is 2. The summed E-state index contributed by atoms with van der Waals surface area (Å²) in [7, 11) is -3.92. The molecule has 0 fully saturated rings. The Morgan fingerprint density at radius 1 is 1.14 bits per heavy atom. The Morgan fingerprint density at radius 2 is 1.86 bits per heavy atom. The first kappa shape index (κ1) is 21.5. The molecule has 0 saturated carbocycles. The molecule has 1 amide bonds. The van der Waals surface area contributed by atoms with Crippen LogP contribution < -0.4 is 10.0 Å². The quantitative estimate of drug-likeness (QED) is 0.350. The standard InChI is InChI=1S/C18H21N3O6S/c1-14(27-13-15-6-3-2-4-7-15)18(22)19-10-11-20-28(25,26)17-9-5-8-16(12-17)21(23)24/h2-9,12,14,20H,10-11,13H2,1H3,(H,19,22). The van der Waals surface area contributed by atoms with Crippen LogP contribution in [0.1, 0.15) is 12.5 Å². The maximum atomic E-state index is 12.2. The molecule has 0 bridgehead atoms. The highest BCUT2D eigenvalue weighted by atomic mass is 32.2. The average Bonchev–Trinajstić information content (AvgIpc) is 2.70. The number of sulfonamides is 1. The van der Waals surface area contributed by atoms with Gasteiger partial charge in [-0.3, -0.25) is 14.9 Å². The van der Waals surface area contributed by atoms with E-state index in [4.69, 9.17) is 4.74 Å². The zero-order valence-corrected chi connectivity index (χ0v) is 16.0. The Bertz CT molecular complexity index is 918. The summed E-state index contributed by atoms with van der Waals surface area (Å²) in [4.78, 5) is 21.9. The molecule has 0 aliphatic rings. The second-order valence-corrected chi connectivity index (χ2v) is 7.65. The summed E-state index contributed by atoms with van der Waals surface area (Å²) in [6.45, 7) is 1.87. The number of rotatable bonds is 10. The molecule has 10 heteroatoms. The van der Waals surface area contributed by atoms with Crippen molar-refractivity contribution in [2.45, 2.75) is 24.5 Å². The highest BCUT2D eigenvalue weighted by Gasteiger charge is 2.18. The van der Waals surface area contributed by atoms with E-state index in [-0.39, 0.29) is 36.2 Å². The number of non-ortho nitro benzene ring substituents is 1. The number of benzene rings is 2. The van der Waals surface area contributed by atoms with Crippen LogP contribution >= 0.6 is 0 Å².